The van der Waals surface area contributed by atoms with E-state index in [4.69, 9.17) is 0 Å². The summed E-state index contributed by atoms with van der Waals surface area (Å²) in [5, 5.41) is 3.28. The van der Waals surface area contributed by atoms with Crippen molar-refractivity contribution in [2.45, 2.75) is 18.7 Å². The molecule has 0 aromatic heterocycles. The molecule has 1 aromatic rings. The molecule has 0 radical (unpaired) electrons. The number of carbonyl (C=O) groups is 1. The summed E-state index contributed by atoms with van der Waals surface area (Å²) in [6.07, 6.45) is 1.15. The van der Waals surface area contributed by atoms with Crippen LogP contribution in [0.25, 0.3) is 0 Å². The Labute approximate surface area is 132 Å². The highest BCUT2D eigenvalue weighted by Crippen LogP contribution is 2.21. The first-order chi connectivity index (χ1) is 10.3. The summed E-state index contributed by atoms with van der Waals surface area (Å²) in [6, 6.07) is 4.95. The van der Waals surface area contributed by atoms with Crippen LogP contribution in [0.5, 0.6) is 0 Å². The summed E-state index contributed by atoms with van der Waals surface area (Å²) in [5.41, 5.74) is 1.22. The van der Waals surface area contributed by atoms with Crippen LogP contribution in [0.1, 0.15) is 22.8 Å². The standard InChI is InChI=1S/C16H24N2O3S/c1-12-4-5-15(22(3,20)21)14(10-12)16(19)13(2)11-18-8-6-17-7-9-18/h4-5,10,13,17H,6-9,11H2,1-3H3. The molecule has 1 saturated heterocycles. The van der Waals surface area contributed by atoms with Gasteiger partial charge >= 0.3 is 0 Å². The Balaban J connectivity index is 2.22. The summed E-state index contributed by atoms with van der Waals surface area (Å²) < 4.78 is 23.8. The Morgan fingerprint density at radius 3 is 2.55 bits per heavy atom. The minimum Gasteiger partial charge on any atom is -0.314 e. The molecule has 1 N–H and O–H groups in total. The van der Waals surface area contributed by atoms with Gasteiger partial charge in [-0.3, -0.25) is 4.79 Å². The van der Waals surface area contributed by atoms with Crippen LogP contribution >= 0.6 is 0 Å². The van der Waals surface area contributed by atoms with Gasteiger partial charge in [0.1, 0.15) is 0 Å². The summed E-state index contributed by atoms with van der Waals surface area (Å²) in [7, 11) is -3.41. The van der Waals surface area contributed by atoms with E-state index in [0.29, 0.717) is 12.1 Å². The Bertz CT molecular complexity index is 649. The van der Waals surface area contributed by atoms with Crippen LogP contribution in [0.15, 0.2) is 23.1 Å². The van der Waals surface area contributed by atoms with Crippen molar-refractivity contribution in [1.82, 2.24) is 10.2 Å². The van der Waals surface area contributed by atoms with Gasteiger partial charge in [0.05, 0.1) is 4.90 Å². The molecular formula is C16H24N2O3S. The van der Waals surface area contributed by atoms with Gasteiger partial charge in [-0.05, 0) is 19.1 Å². The molecule has 6 heteroatoms. The molecule has 5 nitrogen and oxygen atoms in total. The lowest BCUT2D eigenvalue weighted by Gasteiger charge is -2.29. The molecule has 0 bridgehead atoms. The zero-order chi connectivity index (χ0) is 16.3. The van der Waals surface area contributed by atoms with Crippen LogP contribution in [-0.4, -0.2) is 58.1 Å². The van der Waals surface area contributed by atoms with Crippen LogP contribution in [0, 0.1) is 12.8 Å². The van der Waals surface area contributed by atoms with E-state index in [1.54, 1.807) is 12.1 Å². The number of aryl methyl sites for hydroxylation is 1. The second kappa shape index (κ2) is 6.89. The summed E-state index contributed by atoms with van der Waals surface area (Å²) in [4.78, 5) is 15.1. The maximum atomic E-state index is 12.7. The molecule has 1 aliphatic rings. The molecule has 1 heterocycles. The lowest BCUT2D eigenvalue weighted by molar-refractivity contribution is 0.0884. The number of nitrogens with zero attached hydrogens (tertiary/aromatic N) is 1. The van der Waals surface area contributed by atoms with E-state index < -0.39 is 9.84 Å². The summed E-state index contributed by atoms with van der Waals surface area (Å²) >= 11 is 0. The number of sulfone groups is 1. The smallest absolute Gasteiger partial charge is 0.176 e. The highest BCUT2D eigenvalue weighted by Gasteiger charge is 2.25. The number of piperazine rings is 1. The monoisotopic (exact) mass is 324 g/mol. The third-order valence-electron chi connectivity index (χ3n) is 3.99. The largest absolute Gasteiger partial charge is 0.314 e. The fourth-order valence-corrected chi connectivity index (χ4v) is 3.66. The van der Waals surface area contributed by atoms with E-state index in [9.17, 15) is 13.2 Å². The fraction of sp³-hybridized carbons (Fsp3) is 0.562. The summed E-state index contributed by atoms with van der Waals surface area (Å²) in [6.45, 7) is 8.11. The third-order valence-corrected chi connectivity index (χ3v) is 5.14. The first-order valence-corrected chi connectivity index (χ1v) is 9.46. The van der Waals surface area contributed by atoms with Gasteiger partial charge < -0.3 is 10.2 Å². The van der Waals surface area contributed by atoms with Crippen molar-refractivity contribution in [2.75, 3.05) is 39.0 Å². The average molecular weight is 324 g/mol. The van der Waals surface area contributed by atoms with E-state index in [2.05, 4.69) is 10.2 Å². The molecule has 1 aliphatic heterocycles. The highest BCUT2D eigenvalue weighted by atomic mass is 32.2. The molecule has 1 atom stereocenters. The Hall–Kier alpha value is -1.24. The SMILES string of the molecule is Cc1ccc(S(C)(=O)=O)c(C(=O)C(C)CN2CCNCC2)c1. The number of ketones is 1. The third kappa shape index (κ3) is 4.15. The number of carbonyl (C=O) groups excluding carboxylic acids is 1. The number of hydrogen-bond acceptors (Lipinski definition) is 5. The topological polar surface area (TPSA) is 66.5 Å². The van der Waals surface area contributed by atoms with Crippen molar-refractivity contribution in [3.63, 3.8) is 0 Å². The number of Topliss-reactive ketones (excluding diaryl/α,β-unsaturated/α-hetero) is 1. The van der Waals surface area contributed by atoms with E-state index in [1.165, 1.54) is 6.07 Å². The maximum absolute atomic E-state index is 12.7. The normalized spacial score (nSPS) is 18.1. The summed E-state index contributed by atoms with van der Waals surface area (Å²) in [5.74, 6) is -0.317. The van der Waals surface area contributed by atoms with E-state index in [1.807, 2.05) is 13.8 Å². The lowest BCUT2D eigenvalue weighted by Crippen LogP contribution is -2.45. The molecule has 0 aliphatic carbocycles. The quantitative estimate of drug-likeness (QED) is 0.822. The molecular weight excluding hydrogens is 300 g/mol. The first-order valence-electron chi connectivity index (χ1n) is 7.57. The van der Waals surface area contributed by atoms with Gasteiger partial charge in [-0.1, -0.05) is 18.6 Å². The molecule has 1 unspecified atom stereocenters. The molecule has 1 fully saturated rings. The van der Waals surface area contributed by atoms with Crippen molar-refractivity contribution >= 4 is 15.6 Å². The number of nitrogens with one attached hydrogen (secondary N) is 1. The van der Waals surface area contributed by atoms with Crippen LogP contribution in [0.4, 0.5) is 0 Å². The molecule has 0 amide bonds. The number of hydrogen-bond donors (Lipinski definition) is 1. The van der Waals surface area contributed by atoms with Crippen molar-refractivity contribution in [2.24, 2.45) is 5.92 Å². The Morgan fingerprint density at radius 1 is 1.32 bits per heavy atom. The number of benzene rings is 1. The van der Waals surface area contributed by atoms with Gasteiger partial charge in [0.15, 0.2) is 15.6 Å². The van der Waals surface area contributed by atoms with Crippen LogP contribution in [-0.2, 0) is 9.84 Å². The second-order valence-electron chi connectivity index (χ2n) is 6.09. The van der Waals surface area contributed by atoms with Gasteiger partial charge in [-0.15, -0.1) is 0 Å². The van der Waals surface area contributed by atoms with Crippen LogP contribution in [0.2, 0.25) is 0 Å². The molecule has 122 valence electrons. The fourth-order valence-electron chi connectivity index (χ4n) is 2.79. The molecule has 0 saturated carbocycles. The van der Waals surface area contributed by atoms with E-state index >= 15 is 0 Å². The second-order valence-corrected chi connectivity index (χ2v) is 8.07. The first kappa shape index (κ1) is 17.1. The zero-order valence-electron chi connectivity index (χ0n) is 13.4. The minimum atomic E-state index is -3.41. The molecule has 2 rings (SSSR count). The van der Waals surface area contributed by atoms with Gasteiger partial charge in [-0.25, -0.2) is 8.42 Å². The predicted octanol–water partition coefficient (Wildman–Crippen LogP) is 1.12. The van der Waals surface area contributed by atoms with Crippen LogP contribution < -0.4 is 5.32 Å². The highest BCUT2D eigenvalue weighted by molar-refractivity contribution is 7.90. The molecule has 0 spiro atoms. The van der Waals surface area contributed by atoms with Crippen molar-refractivity contribution in [1.29, 1.82) is 0 Å². The lowest BCUT2D eigenvalue weighted by atomic mass is 9.97. The van der Waals surface area contributed by atoms with Gasteiger partial charge in [0, 0.05) is 50.5 Å². The minimum absolute atomic E-state index is 0.0948. The molecule has 22 heavy (non-hydrogen) atoms. The Kier molecular flexibility index (Phi) is 5.36. The number of rotatable bonds is 5. The van der Waals surface area contributed by atoms with E-state index in [0.717, 1.165) is 38.0 Å². The Morgan fingerprint density at radius 2 is 1.95 bits per heavy atom. The van der Waals surface area contributed by atoms with Crippen LogP contribution in [0.3, 0.4) is 0 Å². The van der Waals surface area contributed by atoms with E-state index in [-0.39, 0.29) is 16.6 Å². The van der Waals surface area contributed by atoms with Crippen molar-refractivity contribution < 1.29 is 13.2 Å². The molecule has 1 aromatic carbocycles. The van der Waals surface area contributed by atoms with Gasteiger partial charge in [0.2, 0.25) is 0 Å². The van der Waals surface area contributed by atoms with Crippen molar-refractivity contribution in [3.8, 4) is 0 Å². The average Bonchev–Trinajstić information content (AvgIpc) is 2.46. The van der Waals surface area contributed by atoms with Gasteiger partial charge in [-0.2, -0.15) is 0 Å². The van der Waals surface area contributed by atoms with Crippen molar-refractivity contribution in [3.05, 3.63) is 29.3 Å². The predicted molar refractivity (Wildman–Crippen MR) is 87.1 cm³/mol. The zero-order valence-corrected chi connectivity index (χ0v) is 14.2. The maximum Gasteiger partial charge on any atom is 0.176 e. The van der Waals surface area contributed by atoms with Gasteiger partial charge in [0.25, 0.3) is 0 Å².